The first kappa shape index (κ1) is 22.3. The van der Waals surface area contributed by atoms with Gasteiger partial charge in [0, 0.05) is 18.8 Å². The first-order valence-corrected chi connectivity index (χ1v) is 12.1. The van der Waals surface area contributed by atoms with Crippen molar-refractivity contribution in [1.29, 1.82) is 0 Å². The number of rotatable bonds is 8. The van der Waals surface area contributed by atoms with Gasteiger partial charge in [-0.1, -0.05) is 6.08 Å². The summed E-state index contributed by atoms with van der Waals surface area (Å²) in [6.07, 6.45) is 9.46. The number of amides is 3. The third kappa shape index (κ3) is 3.98. The van der Waals surface area contributed by atoms with Crippen LogP contribution in [-0.2, 0) is 35.0 Å². The maximum absolute atomic E-state index is 13.4. The number of alkyl halides is 1. The highest BCUT2D eigenvalue weighted by Gasteiger charge is 2.49. The molecule has 0 spiro atoms. The summed E-state index contributed by atoms with van der Waals surface area (Å²) in [7, 11) is -2.29. The van der Waals surface area contributed by atoms with Crippen molar-refractivity contribution in [3.8, 4) is 0 Å². The van der Waals surface area contributed by atoms with Gasteiger partial charge in [-0.15, -0.1) is 0 Å². The number of allylic oxidation sites excluding steroid dienone is 1. The molecule has 3 aliphatic rings. The molecule has 34 heavy (non-hydrogen) atoms. The summed E-state index contributed by atoms with van der Waals surface area (Å²) in [6.45, 7) is -0.853. The van der Waals surface area contributed by atoms with E-state index in [0.717, 1.165) is 4.90 Å². The lowest BCUT2D eigenvalue weighted by Crippen LogP contribution is -2.52. The lowest BCUT2D eigenvalue weighted by molar-refractivity contribution is -0.454. The number of H-pyrrole nitrogens is 1. The molecule has 0 radical (unpaired) electrons. The van der Waals surface area contributed by atoms with Crippen molar-refractivity contribution in [2.45, 2.75) is 36.7 Å². The first-order chi connectivity index (χ1) is 16.2. The fourth-order valence-electron chi connectivity index (χ4n) is 3.94. The molecule has 2 aromatic heterocycles. The lowest BCUT2D eigenvalue weighted by Gasteiger charge is -2.26. The van der Waals surface area contributed by atoms with Crippen LogP contribution < -0.4 is 4.72 Å². The largest absolute Gasteiger partial charge is 0.502 e. The molecule has 178 valence electrons. The molecular weight excluding hydrogens is 467 g/mol. The van der Waals surface area contributed by atoms with Gasteiger partial charge >= 0.3 is 11.9 Å². The normalized spacial score (nSPS) is 21.6. The van der Waals surface area contributed by atoms with Crippen molar-refractivity contribution in [2.75, 3.05) is 6.67 Å². The van der Waals surface area contributed by atoms with Gasteiger partial charge < -0.3 is 0 Å². The molecule has 0 aromatic carbocycles. The molecular formula is C20H22FN8O4S+. The average molecular weight is 490 g/mol. The molecule has 3 amide bonds. The van der Waals surface area contributed by atoms with Crippen LogP contribution in [0.1, 0.15) is 24.2 Å². The molecule has 3 heterocycles. The van der Waals surface area contributed by atoms with E-state index in [1.54, 1.807) is 24.1 Å². The second-order valence-corrected chi connectivity index (χ2v) is 10.4. The molecule has 12 nitrogen and oxygen atoms in total. The standard InChI is InChI=1S/C20H22FN8O4S/c1-27-8-13(7-24-27)9-29-18(30)15-6-14(34(32,33)26-20(11-21)4-5-20)2-3-16(15)28(19(29)31)10-17-22-12-23-25-17/h2-3,6-8,12,14,26H,4-5,9-11H2,1H3,(H,22,23,25)/q+1. The summed E-state index contributed by atoms with van der Waals surface area (Å²) in [6, 6.07) is -0.587. The van der Waals surface area contributed by atoms with Gasteiger partial charge in [-0.25, -0.2) is 27.3 Å². The van der Waals surface area contributed by atoms with Crippen LogP contribution in [0.5, 0.6) is 0 Å². The zero-order valence-electron chi connectivity index (χ0n) is 18.2. The number of aromatic amines is 1. The van der Waals surface area contributed by atoms with Crippen LogP contribution in [0.4, 0.5) is 9.18 Å². The number of sulfonamides is 1. The van der Waals surface area contributed by atoms with Gasteiger partial charge in [-0.3, -0.25) is 9.78 Å². The smallest absolute Gasteiger partial charge is 0.275 e. The highest BCUT2D eigenvalue weighted by molar-refractivity contribution is 7.90. The van der Waals surface area contributed by atoms with E-state index in [2.05, 4.69) is 25.0 Å². The van der Waals surface area contributed by atoms with Crippen molar-refractivity contribution >= 4 is 27.7 Å². The first-order valence-electron chi connectivity index (χ1n) is 10.5. The van der Waals surface area contributed by atoms with Crippen LogP contribution >= 0.6 is 0 Å². The lowest BCUT2D eigenvalue weighted by atomic mass is 9.99. The summed E-state index contributed by atoms with van der Waals surface area (Å²) in [5.74, 6) is -0.242. The summed E-state index contributed by atoms with van der Waals surface area (Å²) in [4.78, 5) is 31.8. The van der Waals surface area contributed by atoms with Crippen LogP contribution in [0.3, 0.4) is 0 Å². The van der Waals surface area contributed by atoms with Gasteiger partial charge in [0.2, 0.25) is 10.0 Å². The number of carbonyl (C=O) groups excluding carboxylic acids is 2. The van der Waals surface area contributed by atoms with Crippen molar-refractivity contribution in [3.63, 3.8) is 0 Å². The van der Waals surface area contributed by atoms with Crippen LogP contribution in [0.25, 0.3) is 0 Å². The number of halogens is 1. The minimum absolute atomic E-state index is 0.00665. The van der Waals surface area contributed by atoms with E-state index in [4.69, 9.17) is 0 Å². The molecule has 5 rings (SSSR count). The van der Waals surface area contributed by atoms with Crippen LogP contribution in [0.2, 0.25) is 0 Å². The number of aryl methyl sites for hydroxylation is 1. The molecule has 2 aromatic rings. The fourth-order valence-corrected chi connectivity index (χ4v) is 5.54. The summed E-state index contributed by atoms with van der Waals surface area (Å²) in [5, 5.41) is 9.34. The number of urea groups is 1. The van der Waals surface area contributed by atoms with Crippen molar-refractivity contribution in [1.82, 2.24) is 34.6 Å². The molecule has 1 saturated carbocycles. The fraction of sp³-hybridized carbons (Fsp3) is 0.400. The van der Waals surface area contributed by atoms with Gasteiger partial charge in [0.05, 0.1) is 11.7 Å². The third-order valence-electron chi connectivity index (χ3n) is 5.98. The molecule has 2 N–H and O–H groups in total. The molecule has 1 fully saturated rings. The topological polar surface area (TPSA) is 146 Å². The molecule has 1 unspecified atom stereocenters. The number of hydrogen-bond donors (Lipinski definition) is 2. The molecule has 1 aliphatic heterocycles. The highest BCUT2D eigenvalue weighted by atomic mass is 32.2. The maximum Gasteiger partial charge on any atom is 0.502 e. The Morgan fingerprint density at radius 1 is 1.35 bits per heavy atom. The van der Waals surface area contributed by atoms with E-state index in [1.165, 1.54) is 29.1 Å². The van der Waals surface area contributed by atoms with Crippen LogP contribution in [0.15, 0.2) is 42.5 Å². The Bertz CT molecular complexity index is 1350. The number of hydrogen-bond acceptors (Lipinski definition) is 7. The monoisotopic (exact) mass is 489 g/mol. The SMILES string of the molecule is Cn1cc(CN2C(=O)C3=CC(S(=O)(=O)NC4(CF)CC4)C=CC3=[N+](Cc3ncn[nH]3)C2=O)cn1. The van der Waals surface area contributed by atoms with E-state index < -0.39 is 39.4 Å². The average Bonchev–Trinajstić information content (AvgIpc) is 3.17. The van der Waals surface area contributed by atoms with Gasteiger partial charge in [0.1, 0.15) is 36.1 Å². The Kier molecular flexibility index (Phi) is 5.28. The number of fused-ring (bicyclic) bond motifs is 1. The van der Waals surface area contributed by atoms with E-state index in [0.29, 0.717) is 24.2 Å². The third-order valence-corrected chi connectivity index (χ3v) is 7.70. The van der Waals surface area contributed by atoms with Crippen LogP contribution in [0, 0.1) is 0 Å². The predicted octanol–water partition coefficient (Wildman–Crippen LogP) is -0.0596. The summed E-state index contributed by atoms with van der Waals surface area (Å²) < 4.78 is 44.5. The number of nitrogens with one attached hydrogen (secondary N) is 2. The predicted molar refractivity (Wildman–Crippen MR) is 116 cm³/mol. The quantitative estimate of drug-likeness (QED) is 0.494. The molecule has 0 saturated heterocycles. The van der Waals surface area contributed by atoms with Crippen molar-refractivity contribution in [2.24, 2.45) is 7.05 Å². The highest BCUT2D eigenvalue weighted by Crippen LogP contribution is 2.37. The van der Waals surface area contributed by atoms with Gasteiger partial charge in [0.25, 0.3) is 0 Å². The zero-order valence-corrected chi connectivity index (χ0v) is 19.0. The zero-order chi connectivity index (χ0) is 24.1. The van der Waals surface area contributed by atoms with Crippen molar-refractivity contribution < 1.29 is 27.0 Å². The van der Waals surface area contributed by atoms with E-state index >= 15 is 0 Å². The molecule has 1 atom stereocenters. The van der Waals surface area contributed by atoms with Gasteiger partial charge in [-0.05, 0) is 25.0 Å². The van der Waals surface area contributed by atoms with E-state index in [-0.39, 0.29) is 24.4 Å². The van der Waals surface area contributed by atoms with E-state index in [1.807, 2.05) is 0 Å². The maximum atomic E-state index is 13.4. The van der Waals surface area contributed by atoms with Crippen molar-refractivity contribution in [3.05, 3.63) is 53.9 Å². The Labute approximate surface area is 193 Å². The second kappa shape index (κ2) is 8.06. The number of nitrogens with zero attached hydrogens (tertiary/aromatic N) is 6. The number of aromatic nitrogens is 5. The molecule has 0 bridgehead atoms. The number of imide groups is 1. The Hall–Kier alpha value is -3.52. The summed E-state index contributed by atoms with van der Waals surface area (Å²) in [5.41, 5.74) is -0.117. The second-order valence-electron chi connectivity index (χ2n) is 8.56. The molecule has 14 heteroatoms. The summed E-state index contributed by atoms with van der Waals surface area (Å²) >= 11 is 0. The van der Waals surface area contributed by atoms with Crippen LogP contribution in [-0.4, -0.2) is 78.0 Å². The number of carbonyl (C=O) groups is 2. The minimum Gasteiger partial charge on any atom is -0.275 e. The Morgan fingerprint density at radius 2 is 2.15 bits per heavy atom. The van der Waals surface area contributed by atoms with E-state index in [9.17, 15) is 22.4 Å². The Morgan fingerprint density at radius 3 is 2.76 bits per heavy atom. The Balaban J connectivity index is 1.53. The van der Waals surface area contributed by atoms with Gasteiger partial charge in [0.15, 0.2) is 12.4 Å². The van der Waals surface area contributed by atoms with Gasteiger partial charge in [-0.2, -0.15) is 24.5 Å². The minimum atomic E-state index is -4.00. The molecule has 2 aliphatic carbocycles.